The van der Waals surface area contributed by atoms with Gasteiger partial charge in [0.15, 0.2) is 22.8 Å². The second-order valence-electron chi connectivity index (χ2n) is 37.0. The molecule has 0 radical (unpaired) electrons. The Hall–Kier alpha value is -15.9. The van der Waals surface area contributed by atoms with Gasteiger partial charge < -0.3 is 79.3 Å². The first kappa shape index (κ1) is 96.2. The summed E-state index contributed by atoms with van der Waals surface area (Å²) in [6, 6.07) is 47.2. The highest BCUT2D eigenvalue weighted by Crippen LogP contribution is 2.37. The van der Waals surface area contributed by atoms with E-state index in [1.165, 1.54) is 32.1 Å². The number of morpholine rings is 5. The molecule has 8 aliphatic heterocycles. The van der Waals surface area contributed by atoms with E-state index in [2.05, 4.69) is 154 Å². The molecule has 39 heteroatoms. The van der Waals surface area contributed by atoms with E-state index in [0.717, 1.165) is 233 Å². The van der Waals surface area contributed by atoms with E-state index in [1.807, 2.05) is 169 Å². The largest absolute Gasteiger partial charge is 0.378 e. The molecular formula is C107H112F2N28O9. The summed E-state index contributed by atoms with van der Waals surface area (Å²) in [7, 11) is 0. The van der Waals surface area contributed by atoms with Gasteiger partial charge in [0.25, 0.3) is 29.6 Å². The highest BCUT2D eigenvalue weighted by atomic mass is 19.3. The van der Waals surface area contributed by atoms with Crippen molar-refractivity contribution in [3.05, 3.63) is 248 Å². The highest BCUT2D eigenvalue weighted by molar-refractivity contribution is 6.15. The number of alkyl halides is 2. The summed E-state index contributed by atoms with van der Waals surface area (Å²) in [6.07, 6.45) is 27.4. The van der Waals surface area contributed by atoms with Crippen molar-refractivity contribution in [2.75, 3.05) is 226 Å². The van der Waals surface area contributed by atoms with Gasteiger partial charge in [-0.15, -0.1) is 0 Å². The number of nitrogens with zero attached hydrogens (tertiary/aromatic N) is 20. The predicted octanol–water partition coefficient (Wildman–Crippen LogP) is 15.1. The van der Waals surface area contributed by atoms with Crippen LogP contribution in [0.1, 0.15) is 92.5 Å². The second-order valence-corrected chi connectivity index (χ2v) is 37.0. The molecule has 0 saturated carbocycles. The Morgan fingerprint density at radius 1 is 0.281 bits per heavy atom. The Morgan fingerprint density at radius 2 is 0.548 bits per heavy atom. The number of likely N-dealkylation sites (tertiary alicyclic amines) is 1. The smallest absolute Gasteiger partial charge is 0.276 e. The number of pyridine rings is 8. The Labute approximate surface area is 839 Å². The minimum atomic E-state index is -2.57. The monoisotopic (exact) mass is 1970 g/mol. The minimum Gasteiger partial charge on any atom is -0.378 e. The van der Waals surface area contributed by atoms with Crippen molar-refractivity contribution >= 4 is 130 Å². The fourth-order valence-corrected chi connectivity index (χ4v) is 19.2. The summed E-state index contributed by atoms with van der Waals surface area (Å²) in [4.78, 5) is 106. The molecule has 0 aliphatic carbocycles. The molecule has 8 saturated heterocycles. The van der Waals surface area contributed by atoms with Crippen LogP contribution in [0.15, 0.2) is 220 Å². The molecule has 24 rings (SSSR count). The van der Waals surface area contributed by atoms with Gasteiger partial charge in [0, 0.05) is 199 Å². The van der Waals surface area contributed by atoms with Crippen LogP contribution in [0.5, 0.6) is 0 Å². The summed E-state index contributed by atoms with van der Waals surface area (Å²) >= 11 is 0. The third-order valence-corrected chi connectivity index (χ3v) is 27.3. The van der Waals surface area contributed by atoms with Crippen LogP contribution in [0.4, 0.5) is 71.9 Å². The number of hydrogen-bond acceptors (Lipinski definition) is 29. The lowest BCUT2D eigenvalue weighted by Gasteiger charge is -2.31. The zero-order chi connectivity index (χ0) is 99.1. The first-order chi connectivity index (χ1) is 71.7. The number of amides is 4. The van der Waals surface area contributed by atoms with Crippen molar-refractivity contribution in [1.29, 1.82) is 0 Å². The van der Waals surface area contributed by atoms with Gasteiger partial charge in [0.1, 0.15) is 23.3 Å². The molecule has 0 spiro atoms. The molecule has 4 amide bonds. The number of nitrogens with one attached hydrogen (secondary N) is 8. The maximum atomic E-state index is 13.5. The van der Waals surface area contributed by atoms with Crippen LogP contribution in [0.25, 0.3) is 88.1 Å². The number of halogens is 2. The maximum Gasteiger partial charge on any atom is 0.276 e. The van der Waals surface area contributed by atoms with E-state index in [0.29, 0.717) is 118 Å². The lowest BCUT2D eigenvalue weighted by molar-refractivity contribution is -0.0566. The number of carbonyl (C=O) groups is 4. The summed E-state index contributed by atoms with van der Waals surface area (Å²) in [6.45, 7) is 20.7. The van der Waals surface area contributed by atoms with Crippen molar-refractivity contribution < 1.29 is 51.6 Å². The van der Waals surface area contributed by atoms with Gasteiger partial charge in [0.2, 0.25) is 0 Å². The predicted molar refractivity (Wildman–Crippen MR) is 558 cm³/mol. The Kier molecular flexibility index (Phi) is 29.6. The van der Waals surface area contributed by atoms with Gasteiger partial charge in [-0.3, -0.25) is 64.4 Å². The molecule has 748 valence electrons. The van der Waals surface area contributed by atoms with Gasteiger partial charge in [-0.05, 0) is 181 Å². The second kappa shape index (κ2) is 44.9. The topological polar surface area (TPSA) is 406 Å². The normalized spacial score (nSPS) is 16.7. The van der Waals surface area contributed by atoms with Crippen LogP contribution in [-0.4, -0.2) is 286 Å². The molecule has 0 bridgehead atoms. The van der Waals surface area contributed by atoms with Crippen molar-refractivity contribution in [2.45, 2.75) is 57.4 Å². The average Bonchev–Trinajstić information content (AvgIpc) is 1.64. The van der Waals surface area contributed by atoms with E-state index >= 15 is 0 Å². The molecule has 8 aliphatic rings. The molecule has 4 aromatic carbocycles. The minimum absolute atomic E-state index is 0.115. The van der Waals surface area contributed by atoms with Crippen LogP contribution in [0, 0.1) is 0 Å². The molecule has 0 unspecified atom stereocenters. The molecular weight excluding hydrogens is 1860 g/mol. The van der Waals surface area contributed by atoms with Gasteiger partial charge in [-0.2, -0.15) is 20.4 Å². The van der Waals surface area contributed by atoms with Gasteiger partial charge >= 0.3 is 0 Å². The van der Waals surface area contributed by atoms with Gasteiger partial charge in [-0.25, -0.2) is 28.7 Å². The molecule has 20 heterocycles. The molecule has 8 fully saturated rings. The molecule has 16 aromatic rings. The number of aromatic nitrogens is 16. The first-order valence-electron chi connectivity index (χ1n) is 49.7. The number of rotatable bonds is 21. The van der Waals surface area contributed by atoms with Crippen molar-refractivity contribution in [2.24, 2.45) is 0 Å². The maximum absolute atomic E-state index is 13.5. The Bertz CT molecular complexity index is 7010. The zero-order valence-electron chi connectivity index (χ0n) is 80.7. The number of anilines is 11. The fourth-order valence-electron chi connectivity index (χ4n) is 19.2. The van der Waals surface area contributed by atoms with Crippen LogP contribution >= 0.6 is 0 Å². The third kappa shape index (κ3) is 23.1. The molecule has 8 N–H and O–H groups in total. The fraction of sp³-hybridized carbons (Fsp3) is 0.327. The lowest BCUT2D eigenvalue weighted by atomic mass is 10.0. The number of H-pyrrole nitrogens is 4. The lowest BCUT2D eigenvalue weighted by Crippen LogP contribution is -2.38. The van der Waals surface area contributed by atoms with E-state index in [4.69, 9.17) is 23.7 Å². The van der Waals surface area contributed by atoms with Crippen molar-refractivity contribution in [3.8, 4) is 44.5 Å². The summed E-state index contributed by atoms with van der Waals surface area (Å²) in [5.74, 6) is -0.272. The average molecular weight is 1970 g/mol. The van der Waals surface area contributed by atoms with Crippen LogP contribution in [0.2, 0.25) is 0 Å². The van der Waals surface area contributed by atoms with E-state index in [1.54, 1.807) is 37.2 Å². The Balaban J connectivity index is 0.000000114. The van der Waals surface area contributed by atoms with Crippen molar-refractivity contribution in [3.63, 3.8) is 0 Å². The van der Waals surface area contributed by atoms with Gasteiger partial charge in [-0.1, -0.05) is 24.3 Å². The summed E-state index contributed by atoms with van der Waals surface area (Å²) < 4.78 is 54.1. The zero-order valence-corrected chi connectivity index (χ0v) is 80.7. The standard InChI is InChI=1S/C28H29F2N7O2.C27H29N7O2.C26H27N7O3.C26H27N7O2/c29-28(30)5-7-36(8-6-28)18-19-13-21(16-31-15-19)20-1-3-24-23(14-20)26(35-34-24)27(38)33-22-2-4-25(32-17-22)37-9-11-39-12-10-37;35-27(30-21-5-7-25(29-17-21)34-10-12-36-13-11-34)26-23-15-19(4-6-24(23)31-32-26)20-14-22(18-28-16-20)33-8-2-1-3-9-33;34-26(29-20-2-4-24(28-16-20)33-7-11-36-12-8-33)25-22-14-18(1-3-23(22)30-31-25)19-13-21(17-27-15-19)32-5-9-35-10-6-32;34-26(29-20-4-6-24(28-16-20)33-9-11-35-12-10-33)25-22-14-18(3-5-23(22)30-31-25)19-13-21(17-27-15-19)32-7-1-2-8-32/h1-4,13-17H,5-12,18H2,(H,33,38)(H,34,35);4-7,14-18H,1-3,8-13H2,(H,30,35)(H,31,32);1-4,13-17H,5-12H2,(H,29,34)(H,30,31);3-6,13-17H,1-2,7-12H2,(H,29,34)(H,30,31). The highest BCUT2D eigenvalue weighted by Gasteiger charge is 2.35. The van der Waals surface area contributed by atoms with Crippen LogP contribution in [-0.2, 0) is 30.2 Å². The van der Waals surface area contributed by atoms with Crippen LogP contribution in [0.3, 0.4) is 0 Å². The molecule has 37 nitrogen and oxygen atoms in total. The quantitative estimate of drug-likeness (QED) is 0.0331. The van der Waals surface area contributed by atoms with Crippen molar-refractivity contribution in [1.82, 2.24) is 85.6 Å². The number of aromatic amines is 4. The molecule has 12 aromatic heterocycles. The van der Waals surface area contributed by atoms with Crippen LogP contribution < -0.4 is 55.6 Å². The summed E-state index contributed by atoms with van der Waals surface area (Å²) in [5, 5.41) is 43.6. The van der Waals surface area contributed by atoms with E-state index in [9.17, 15) is 28.0 Å². The number of ether oxygens (including phenoxy) is 5. The number of fused-ring (bicyclic) bond motifs is 4. The SMILES string of the molecule is O=C(Nc1ccc(N2CCOCC2)nc1)c1n[nH]c2ccc(-c3cncc(CN4CCC(F)(F)CC4)c3)cc12.O=C(Nc1ccc(N2CCOCC2)nc1)c1n[nH]c2ccc(-c3cncc(N4CCCC4)c3)cc12.O=C(Nc1ccc(N2CCOCC2)nc1)c1n[nH]c2ccc(-c3cncc(N4CCCCC4)c3)cc12.O=C(Nc1ccc(N2CCOCC2)nc1)c1n[nH]c2ccc(-c3cncc(N4CCOCC4)c3)cc12. The third-order valence-electron chi connectivity index (χ3n) is 27.3. The number of piperidine rings is 2. The number of benzene rings is 4. The number of hydrogen-bond donors (Lipinski definition) is 8. The van der Waals surface area contributed by atoms with Gasteiger partial charge in [0.05, 0.1) is 171 Å². The van der Waals surface area contributed by atoms with E-state index in [-0.39, 0.29) is 42.2 Å². The molecule has 146 heavy (non-hydrogen) atoms. The number of carbonyl (C=O) groups excluding carboxylic acids is 4. The summed E-state index contributed by atoms with van der Waals surface area (Å²) in [5.41, 5.74) is 19.0. The molecule has 0 atom stereocenters. The van der Waals surface area contributed by atoms with E-state index < -0.39 is 5.92 Å². The Morgan fingerprint density at radius 3 is 0.836 bits per heavy atom. The first-order valence-corrected chi connectivity index (χ1v) is 49.7.